The summed E-state index contributed by atoms with van der Waals surface area (Å²) in [6.07, 6.45) is 7.31. The van der Waals surface area contributed by atoms with Crippen molar-refractivity contribution in [2.24, 2.45) is 0 Å². The fraction of sp³-hybridized carbons (Fsp3) is 0.533. The quantitative estimate of drug-likeness (QED) is 0.527. The maximum absolute atomic E-state index is 12.6. The van der Waals surface area contributed by atoms with Crippen LogP contribution in [0, 0.1) is 3.57 Å². The molecule has 1 amide bonds. The second-order valence-corrected chi connectivity index (χ2v) is 6.78. The second kappa shape index (κ2) is 6.93. The Morgan fingerprint density at radius 1 is 1.26 bits per heavy atom. The van der Waals surface area contributed by atoms with Crippen molar-refractivity contribution < 1.29 is 4.79 Å². The number of rotatable bonds is 2. The molecule has 0 saturated heterocycles. The molecule has 1 aromatic carbocycles. The van der Waals surface area contributed by atoms with E-state index in [0.29, 0.717) is 11.1 Å². The second-order valence-electron chi connectivity index (χ2n) is 5.19. The third-order valence-electron chi connectivity index (χ3n) is 3.85. The van der Waals surface area contributed by atoms with Gasteiger partial charge in [0.25, 0.3) is 5.91 Å². The van der Waals surface area contributed by atoms with E-state index in [-0.39, 0.29) is 5.91 Å². The molecule has 1 fully saturated rings. The molecule has 1 aromatic rings. The van der Waals surface area contributed by atoms with Crippen molar-refractivity contribution in [1.29, 1.82) is 0 Å². The Hall–Kier alpha value is -0.290. The van der Waals surface area contributed by atoms with Crippen LogP contribution >= 0.6 is 34.2 Å². The van der Waals surface area contributed by atoms with Gasteiger partial charge in [0.05, 0.1) is 5.56 Å². The van der Waals surface area contributed by atoms with E-state index < -0.39 is 0 Å². The third-order valence-corrected chi connectivity index (χ3v) is 5.03. The Morgan fingerprint density at radius 2 is 1.89 bits per heavy atom. The van der Waals surface area contributed by atoms with Crippen LogP contribution in [0.5, 0.6) is 0 Å². The number of halogens is 2. The molecule has 0 aliphatic heterocycles. The first-order valence-corrected chi connectivity index (χ1v) is 8.27. The normalized spacial score (nSPS) is 17.0. The van der Waals surface area contributed by atoms with Gasteiger partial charge in [-0.05, 0) is 53.6 Å². The average molecular weight is 392 g/mol. The summed E-state index contributed by atoms with van der Waals surface area (Å²) < 4.78 is 0.965. The van der Waals surface area contributed by atoms with Gasteiger partial charge in [0.2, 0.25) is 0 Å². The summed E-state index contributed by atoms with van der Waals surface area (Å²) in [5, 5.41) is 0.623. The molecule has 4 heteroatoms. The van der Waals surface area contributed by atoms with Crippen molar-refractivity contribution in [3.8, 4) is 0 Å². The predicted octanol–water partition coefficient (Wildman–Crippen LogP) is 4.74. The summed E-state index contributed by atoms with van der Waals surface area (Å²) in [6, 6.07) is 5.88. The van der Waals surface area contributed by atoms with Crippen molar-refractivity contribution >= 4 is 40.1 Å². The van der Waals surface area contributed by atoms with Crippen LogP contribution in [0.4, 0.5) is 0 Å². The van der Waals surface area contributed by atoms with Crippen molar-refractivity contribution in [1.82, 2.24) is 4.90 Å². The lowest BCUT2D eigenvalue weighted by Crippen LogP contribution is -2.37. The predicted molar refractivity (Wildman–Crippen MR) is 87.8 cm³/mol. The largest absolute Gasteiger partial charge is 0.339 e. The van der Waals surface area contributed by atoms with Crippen LogP contribution in [0.2, 0.25) is 5.02 Å². The molecule has 0 unspecified atom stereocenters. The number of hydrogen-bond acceptors (Lipinski definition) is 1. The zero-order chi connectivity index (χ0) is 13.8. The highest BCUT2D eigenvalue weighted by molar-refractivity contribution is 14.1. The van der Waals surface area contributed by atoms with Gasteiger partial charge in [-0.2, -0.15) is 0 Å². The molecule has 0 radical (unpaired) electrons. The molecule has 19 heavy (non-hydrogen) atoms. The molecule has 1 aliphatic carbocycles. The van der Waals surface area contributed by atoms with Gasteiger partial charge >= 0.3 is 0 Å². The topological polar surface area (TPSA) is 20.3 Å². The minimum absolute atomic E-state index is 0.0961. The average Bonchev–Trinajstić information content (AvgIpc) is 2.69. The highest BCUT2D eigenvalue weighted by Crippen LogP contribution is 2.24. The van der Waals surface area contributed by atoms with E-state index in [2.05, 4.69) is 22.6 Å². The van der Waals surface area contributed by atoms with E-state index in [1.807, 2.05) is 24.1 Å². The maximum atomic E-state index is 12.6. The summed E-state index contributed by atoms with van der Waals surface area (Å²) >= 11 is 8.20. The SMILES string of the molecule is CN(C(=O)c1cc(Cl)ccc1I)C1CCCCCC1. The fourth-order valence-electron chi connectivity index (χ4n) is 2.66. The summed E-state index contributed by atoms with van der Waals surface area (Å²) in [5.41, 5.74) is 0.722. The Labute approximate surface area is 133 Å². The minimum atomic E-state index is 0.0961. The lowest BCUT2D eigenvalue weighted by Gasteiger charge is -2.27. The van der Waals surface area contributed by atoms with Crippen LogP contribution in [-0.4, -0.2) is 23.9 Å². The molecule has 0 bridgehead atoms. The molecule has 1 aliphatic rings. The molecule has 2 rings (SSSR count). The van der Waals surface area contributed by atoms with E-state index in [0.717, 1.165) is 22.0 Å². The molecular formula is C15H19ClINO. The smallest absolute Gasteiger partial charge is 0.254 e. The highest BCUT2D eigenvalue weighted by atomic mass is 127. The molecule has 0 spiro atoms. The molecule has 0 heterocycles. The highest BCUT2D eigenvalue weighted by Gasteiger charge is 2.23. The summed E-state index contributed by atoms with van der Waals surface area (Å²) in [6.45, 7) is 0. The maximum Gasteiger partial charge on any atom is 0.254 e. The van der Waals surface area contributed by atoms with Crippen LogP contribution < -0.4 is 0 Å². The van der Waals surface area contributed by atoms with Gasteiger partial charge in [-0.1, -0.05) is 37.3 Å². The minimum Gasteiger partial charge on any atom is -0.339 e. The summed E-state index contributed by atoms with van der Waals surface area (Å²) in [5.74, 6) is 0.0961. The number of carbonyl (C=O) groups excluding carboxylic acids is 1. The molecule has 2 nitrogen and oxygen atoms in total. The van der Waals surface area contributed by atoms with Gasteiger partial charge in [-0.3, -0.25) is 4.79 Å². The van der Waals surface area contributed by atoms with Gasteiger partial charge in [-0.25, -0.2) is 0 Å². The van der Waals surface area contributed by atoms with Crippen molar-refractivity contribution in [3.05, 3.63) is 32.4 Å². The Bertz CT molecular complexity index is 455. The molecule has 0 aromatic heterocycles. The molecule has 0 N–H and O–H groups in total. The zero-order valence-corrected chi connectivity index (χ0v) is 14.1. The molecule has 0 atom stereocenters. The number of hydrogen-bond donors (Lipinski definition) is 0. The van der Waals surface area contributed by atoms with Crippen LogP contribution in [-0.2, 0) is 0 Å². The van der Waals surface area contributed by atoms with Crippen LogP contribution in [0.15, 0.2) is 18.2 Å². The van der Waals surface area contributed by atoms with Crippen LogP contribution in [0.25, 0.3) is 0 Å². The monoisotopic (exact) mass is 391 g/mol. The molecule has 1 saturated carbocycles. The lowest BCUT2D eigenvalue weighted by molar-refractivity contribution is 0.0716. The Morgan fingerprint density at radius 3 is 2.53 bits per heavy atom. The van der Waals surface area contributed by atoms with Crippen molar-refractivity contribution in [2.45, 2.75) is 44.6 Å². The van der Waals surface area contributed by atoms with Gasteiger partial charge in [0.15, 0.2) is 0 Å². The summed E-state index contributed by atoms with van der Waals surface area (Å²) in [7, 11) is 1.93. The van der Waals surface area contributed by atoms with Gasteiger partial charge < -0.3 is 4.90 Å². The van der Waals surface area contributed by atoms with Crippen LogP contribution in [0.3, 0.4) is 0 Å². The van der Waals surface area contributed by atoms with Gasteiger partial charge in [0.1, 0.15) is 0 Å². The first-order valence-electron chi connectivity index (χ1n) is 6.82. The van der Waals surface area contributed by atoms with E-state index >= 15 is 0 Å². The van der Waals surface area contributed by atoms with Crippen molar-refractivity contribution in [2.75, 3.05) is 7.05 Å². The standard InChI is InChI=1S/C15H19ClINO/c1-18(12-6-4-2-3-5-7-12)15(19)13-10-11(16)8-9-14(13)17/h8-10,12H,2-7H2,1H3. The molecular weight excluding hydrogens is 373 g/mol. The molecule has 104 valence electrons. The lowest BCUT2D eigenvalue weighted by atomic mass is 10.1. The van der Waals surface area contributed by atoms with Gasteiger partial charge in [-0.15, -0.1) is 0 Å². The summed E-state index contributed by atoms with van der Waals surface area (Å²) in [4.78, 5) is 14.5. The van der Waals surface area contributed by atoms with Gasteiger partial charge in [0, 0.05) is 21.7 Å². The zero-order valence-electron chi connectivity index (χ0n) is 11.2. The number of amides is 1. The number of benzene rings is 1. The first-order chi connectivity index (χ1) is 9.09. The van der Waals surface area contributed by atoms with E-state index in [9.17, 15) is 4.79 Å². The Kier molecular flexibility index (Phi) is 5.51. The fourth-order valence-corrected chi connectivity index (χ4v) is 3.40. The number of carbonyl (C=O) groups is 1. The van der Waals surface area contributed by atoms with E-state index in [4.69, 9.17) is 11.6 Å². The Balaban J connectivity index is 2.15. The third kappa shape index (κ3) is 3.85. The van der Waals surface area contributed by atoms with E-state index in [1.165, 1.54) is 25.7 Å². The number of nitrogens with zero attached hydrogens (tertiary/aromatic N) is 1. The van der Waals surface area contributed by atoms with E-state index in [1.54, 1.807) is 6.07 Å². The van der Waals surface area contributed by atoms with Crippen LogP contribution in [0.1, 0.15) is 48.9 Å². The van der Waals surface area contributed by atoms with Crippen molar-refractivity contribution in [3.63, 3.8) is 0 Å². The first kappa shape index (κ1) is 15.1.